The molecule has 1 saturated heterocycles. The van der Waals surface area contributed by atoms with Crippen molar-refractivity contribution in [3.63, 3.8) is 0 Å². The summed E-state index contributed by atoms with van der Waals surface area (Å²) in [5.74, 6) is 0.272. The van der Waals surface area contributed by atoms with Crippen LogP contribution < -0.4 is 5.32 Å². The summed E-state index contributed by atoms with van der Waals surface area (Å²) in [7, 11) is 0. The number of furan rings is 1. The van der Waals surface area contributed by atoms with Crippen molar-refractivity contribution in [1.29, 1.82) is 0 Å². The van der Waals surface area contributed by atoms with Crippen molar-refractivity contribution in [3.05, 3.63) is 24.2 Å². The van der Waals surface area contributed by atoms with Gasteiger partial charge in [-0.05, 0) is 38.1 Å². The second kappa shape index (κ2) is 5.16. The summed E-state index contributed by atoms with van der Waals surface area (Å²) < 4.78 is 5.04. The Kier molecular flexibility index (Phi) is 3.62. The van der Waals surface area contributed by atoms with Crippen LogP contribution in [0, 0.1) is 0 Å². The van der Waals surface area contributed by atoms with Crippen LogP contribution in [0.25, 0.3) is 0 Å². The third-order valence-corrected chi connectivity index (χ3v) is 3.15. The highest BCUT2D eigenvalue weighted by molar-refractivity contribution is 5.91. The highest BCUT2D eigenvalue weighted by Gasteiger charge is 2.23. The molecule has 0 spiro atoms. The molecule has 1 N–H and O–H groups in total. The topological polar surface area (TPSA) is 45.5 Å². The van der Waals surface area contributed by atoms with Crippen LogP contribution in [0.2, 0.25) is 0 Å². The minimum absolute atomic E-state index is 0.118. The third kappa shape index (κ3) is 2.44. The Bertz CT molecular complexity index is 335. The maximum Gasteiger partial charge on any atom is 0.287 e. The Balaban J connectivity index is 1.81. The second-order valence-electron chi connectivity index (χ2n) is 4.11. The minimum atomic E-state index is -0.118. The Labute approximate surface area is 95.6 Å². The molecule has 1 fully saturated rings. The molecule has 4 nitrogen and oxygen atoms in total. The third-order valence-electron chi connectivity index (χ3n) is 3.15. The summed E-state index contributed by atoms with van der Waals surface area (Å²) in [6, 6.07) is 3.90. The van der Waals surface area contributed by atoms with E-state index in [4.69, 9.17) is 4.42 Å². The molecule has 1 amide bonds. The summed E-state index contributed by atoms with van der Waals surface area (Å²) in [5, 5.41) is 2.92. The number of rotatable bonds is 4. The van der Waals surface area contributed by atoms with Gasteiger partial charge in [-0.2, -0.15) is 0 Å². The van der Waals surface area contributed by atoms with Gasteiger partial charge in [0.2, 0.25) is 0 Å². The van der Waals surface area contributed by atoms with Gasteiger partial charge in [0.1, 0.15) is 0 Å². The molecule has 0 aromatic carbocycles. The molecule has 1 aliphatic heterocycles. The lowest BCUT2D eigenvalue weighted by Crippen LogP contribution is -2.39. The van der Waals surface area contributed by atoms with E-state index >= 15 is 0 Å². The lowest BCUT2D eigenvalue weighted by Gasteiger charge is -2.22. The molecule has 2 heterocycles. The van der Waals surface area contributed by atoms with Gasteiger partial charge in [-0.1, -0.05) is 6.92 Å². The van der Waals surface area contributed by atoms with Crippen molar-refractivity contribution in [1.82, 2.24) is 10.2 Å². The van der Waals surface area contributed by atoms with Gasteiger partial charge in [-0.15, -0.1) is 0 Å². The summed E-state index contributed by atoms with van der Waals surface area (Å²) in [6.45, 7) is 5.08. The number of hydrogen-bond acceptors (Lipinski definition) is 3. The van der Waals surface area contributed by atoms with Crippen molar-refractivity contribution in [2.45, 2.75) is 25.8 Å². The number of nitrogens with one attached hydrogen (secondary N) is 1. The number of hydrogen-bond donors (Lipinski definition) is 1. The number of carbonyl (C=O) groups excluding carboxylic acids is 1. The van der Waals surface area contributed by atoms with Crippen molar-refractivity contribution in [2.24, 2.45) is 0 Å². The molecule has 0 aliphatic carbocycles. The highest BCUT2D eigenvalue weighted by Crippen LogP contribution is 2.15. The number of carbonyl (C=O) groups is 1. The van der Waals surface area contributed by atoms with Gasteiger partial charge in [0.25, 0.3) is 5.91 Å². The Morgan fingerprint density at radius 2 is 2.56 bits per heavy atom. The predicted molar refractivity (Wildman–Crippen MR) is 61.3 cm³/mol. The largest absolute Gasteiger partial charge is 0.459 e. The lowest BCUT2D eigenvalue weighted by atomic mass is 10.2. The molecule has 16 heavy (non-hydrogen) atoms. The summed E-state index contributed by atoms with van der Waals surface area (Å²) >= 11 is 0. The van der Waals surface area contributed by atoms with Gasteiger partial charge in [0.15, 0.2) is 5.76 Å². The number of amides is 1. The molecule has 1 unspecified atom stereocenters. The first-order valence-electron chi connectivity index (χ1n) is 5.87. The van der Waals surface area contributed by atoms with Crippen LogP contribution in [0.3, 0.4) is 0 Å². The van der Waals surface area contributed by atoms with Crippen LogP contribution >= 0.6 is 0 Å². The van der Waals surface area contributed by atoms with Crippen molar-refractivity contribution in [2.75, 3.05) is 19.6 Å². The van der Waals surface area contributed by atoms with Crippen LogP contribution in [0.4, 0.5) is 0 Å². The zero-order valence-electron chi connectivity index (χ0n) is 9.61. The molecule has 2 rings (SSSR count). The fourth-order valence-corrected chi connectivity index (χ4v) is 2.25. The van der Waals surface area contributed by atoms with Crippen LogP contribution in [0.15, 0.2) is 22.8 Å². The van der Waals surface area contributed by atoms with Crippen molar-refractivity contribution >= 4 is 5.91 Å². The quantitative estimate of drug-likeness (QED) is 0.839. The molecule has 1 aromatic rings. The maximum atomic E-state index is 11.6. The summed E-state index contributed by atoms with van der Waals surface area (Å²) in [5.41, 5.74) is 0. The first kappa shape index (κ1) is 11.2. The average Bonchev–Trinajstić information content (AvgIpc) is 2.96. The average molecular weight is 222 g/mol. The van der Waals surface area contributed by atoms with Gasteiger partial charge >= 0.3 is 0 Å². The number of likely N-dealkylation sites (N-methyl/N-ethyl adjacent to an activating group) is 1. The molecule has 4 heteroatoms. The van der Waals surface area contributed by atoms with Gasteiger partial charge in [-0.3, -0.25) is 9.69 Å². The van der Waals surface area contributed by atoms with Gasteiger partial charge in [-0.25, -0.2) is 0 Å². The van der Waals surface area contributed by atoms with E-state index in [-0.39, 0.29) is 5.91 Å². The lowest BCUT2D eigenvalue weighted by molar-refractivity contribution is 0.0913. The van der Waals surface area contributed by atoms with E-state index in [0.717, 1.165) is 13.1 Å². The number of likely N-dealkylation sites (tertiary alicyclic amines) is 1. The van der Waals surface area contributed by atoms with Crippen LogP contribution in [-0.4, -0.2) is 36.5 Å². The molecule has 0 bridgehead atoms. The Morgan fingerprint density at radius 1 is 1.69 bits per heavy atom. The monoisotopic (exact) mass is 222 g/mol. The first-order valence-corrected chi connectivity index (χ1v) is 5.87. The van der Waals surface area contributed by atoms with Gasteiger partial charge in [0, 0.05) is 12.6 Å². The highest BCUT2D eigenvalue weighted by atomic mass is 16.3. The van der Waals surface area contributed by atoms with Crippen molar-refractivity contribution in [3.8, 4) is 0 Å². The molecule has 1 atom stereocenters. The van der Waals surface area contributed by atoms with Crippen LogP contribution in [-0.2, 0) is 0 Å². The van der Waals surface area contributed by atoms with E-state index < -0.39 is 0 Å². The van der Waals surface area contributed by atoms with Crippen molar-refractivity contribution < 1.29 is 9.21 Å². The predicted octanol–water partition coefficient (Wildman–Crippen LogP) is 1.49. The first-order chi connectivity index (χ1) is 7.81. The van der Waals surface area contributed by atoms with E-state index in [0.29, 0.717) is 18.3 Å². The van der Waals surface area contributed by atoms with E-state index in [1.807, 2.05) is 0 Å². The molecular formula is C12H18N2O2. The molecular weight excluding hydrogens is 204 g/mol. The van der Waals surface area contributed by atoms with E-state index in [1.165, 1.54) is 19.1 Å². The maximum absolute atomic E-state index is 11.6. The number of nitrogens with zero attached hydrogens (tertiary/aromatic N) is 1. The zero-order valence-corrected chi connectivity index (χ0v) is 9.61. The smallest absolute Gasteiger partial charge is 0.287 e. The van der Waals surface area contributed by atoms with E-state index in [9.17, 15) is 4.79 Å². The summed E-state index contributed by atoms with van der Waals surface area (Å²) in [4.78, 5) is 14.0. The zero-order chi connectivity index (χ0) is 11.4. The normalized spacial score (nSPS) is 21.2. The summed E-state index contributed by atoms with van der Waals surface area (Å²) in [6.07, 6.45) is 3.92. The SMILES string of the molecule is CCN1CCCC1CNC(=O)c1ccco1. The fraction of sp³-hybridized carbons (Fsp3) is 0.583. The van der Waals surface area contributed by atoms with Crippen LogP contribution in [0.1, 0.15) is 30.3 Å². The van der Waals surface area contributed by atoms with E-state index in [2.05, 4.69) is 17.1 Å². The Morgan fingerprint density at radius 3 is 3.25 bits per heavy atom. The second-order valence-corrected chi connectivity index (χ2v) is 4.11. The van der Waals surface area contributed by atoms with E-state index in [1.54, 1.807) is 12.1 Å². The van der Waals surface area contributed by atoms with Gasteiger partial charge in [0.05, 0.1) is 6.26 Å². The molecule has 0 radical (unpaired) electrons. The standard InChI is InChI=1S/C12H18N2O2/c1-2-14-7-3-5-10(14)9-13-12(15)11-6-4-8-16-11/h4,6,8,10H,2-3,5,7,9H2,1H3,(H,13,15). The molecule has 88 valence electrons. The molecule has 0 saturated carbocycles. The molecule has 1 aromatic heterocycles. The minimum Gasteiger partial charge on any atom is -0.459 e. The molecule has 1 aliphatic rings. The Hall–Kier alpha value is -1.29. The van der Waals surface area contributed by atoms with Crippen LogP contribution in [0.5, 0.6) is 0 Å². The van der Waals surface area contributed by atoms with Gasteiger partial charge < -0.3 is 9.73 Å². The fourth-order valence-electron chi connectivity index (χ4n) is 2.25.